The fourth-order valence-corrected chi connectivity index (χ4v) is 4.73. The maximum atomic E-state index is 12.4. The first kappa shape index (κ1) is 14.7. The van der Waals surface area contributed by atoms with Crippen molar-refractivity contribution in [3.8, 4) is 0 Å². The van der Waals surface area contributed by atoms with Gasteiger partial charge in [0.15, 0.2) is 0 Å². The van der Waals surface area contributed by atoms with Gasteiger partial charge < -0.3 is 0 Å². The van der Waals surface area contributed by atoms with Crippen LogP contribution in [0.4, 0.5) is 5.13 Å². The number of fused-ring (bicyclic) bond motifs is 1. The Morgan fingerprint density at radius 2 is 2.33 bits per heavy atom. The van der Waals surface area contributed by atoms with Crippen molar-refractivity contribution in [3.05, 3.63) is 26.4 Å². The Labute approximate surface area is 132 Å². The molecule has 1 atom stereocenters. The second-order valence-electron chi connectivity index (χ2n) is 5.60. The van der Waals surface area contributed by atoms with E-state index in [-0.39, 0.29) is 5.91 Å². The number of anilines is 1. The molecule has 0 aliphatic heterocycles. The molecule has 21 heavy (non-hydrogen) atoms. The Morgan fingerprint density at radius 3 is 3.14 bits per heavy atom. The number of nitrogens with one attached hydrogen (secondary N) is 1. The summed E-state index contributed by atoms with van der Waals surface area (Å²) in [5, 5.41) is 14.6. The Balaban J connectivity index is 1.73. The zero-order valence-corrected chi connectivity index (χ0v) is 13.9. The highest BCUT2D eigenvalue weighted by Gasteiger charge is 2.23. The van der Waals surface area contributed by atoms with E-state index < -0.39 is 0 Å². The normalized spacial score (nSPS) is 17.5. The van der Waals surface area contributed by atoms with E-state index in [0.29, 0.717) is 5.13 Å². The third-order valence-electron chi connectivity index (χ3n) is 3.80. The first-order valence-electron chi connectivity index (χ1n) is 7.40. The summed E-state index contributed by atoms with van der Waals surface area (Å²) in [7, 11) is 0. The minimum absolute atomic E-state index is 0.0405. The van der Waals surface area contributed by atoms with Crippen molar-refractivity contribution in [2.75, 3.05) is 5.32 Å². The van der Waals surface area contributed by atoms with Crippen molar-refractivity contribution in [2.45, 2.75) is 46.0 Å². The van der Waals surface area contributed by atoms with Crippen LogP contribution < -0.4 is 5.32 Å². The van der Waals surface area contributed by atoms with Crippen LogP contribution in [0.15, 0.2) is 5.38 Å². The molecule has 1 amide bonds. The van der Waals surface area contributed by atoms with Gasteiger partial charge in [0.2, 0.25) is 5.13 Å². The molecule has 2 heterocycles. The molecule has 4 nitrogen and oxygen atoms in total. The van der Waals surface area contributed by atoms with Crippen LogP contribution in [0.3, 0.4) is 0 Å². The highest BCUT2D eigenvalue weighted by molar-refractivity contribution is 7.15. The second kappa shape index (κ2) is 6.23. The number of hydrogen-bond donors (Lipinski definition) is 1. The number of amides is 1. The first-order valence-corrected chi connectivity index (χ1v) is 9.10. The van der Waals surface area contributed by atoms with Gasteiger partial charge in [-0.2, -0.15) is 0 Å². The Bertz CT molecular complexity index is 647. The maximum absolute atomic E-state index is 12.4. The van der Waals surface area contributed by atoms with Crippen molar-refractivity contribution < 1.29 is 4.79 Å². The van der Waals surface area contributed by atoms with Gasteiger partial charge in [-0.1, -0.05) is 25.2 Å². The summed E-state index contributed by atoms with van der Waals surface area (Å²) < 4.78 is 0. The van der Waals surface area contributed by atoms with Crippen LogP contribution in [0.2, 0.25) is 0 Å². The maximum Gasteiger partial charge on any atom is 0.258 e. The second-order valence-corrected chi connectivity index (χ2v) is 7.63. The van der Waals surface area contributed by atoms with Crippen LogP contribution in [0.1, 0.15) is 52.5 Å². The molecule has 2 aromatic rings. The lowest BCUT2D eigenvalue weighted by atomic mass is 9.88. The SMILES string of the molecule is CCCc1nnc(NC(=O)c2csc3c2CCC(C)C3)s1. The smallest absolute Gasteiger partial charge is 0.258 e. The number of aromatic nitrogens is 2. The molecule has 0 aromatic carbocycles. The van der Waals surface area contributed by atoms with Crippen molar-refractivity contribution in [3.63, 3.8) is 0 Å². The van der Waals surface area contributed by atoms with E-state index in [2.05, 4.69) is 29.4 Å². The average molecular weight is 321 g/mol. The molecule has 0 fully saturated rings. The van der Waals surface area contributed by atoms with Gasteiger partial charge in [0.05, 0.1) is 5.56 Å². The zero-order valence-electron chi connectivity index (χ0n) is 12.3. The number of aryl methyl sites for hydroxylation is 1. The van der Waals surface area contributed by atoms with Crippen LogP contribution in [0.25, 0.3) is 0 Å². The number of nitrogens with zero attached hydrogens (tertiary/aromatic N) is 2. The molecule has 0 saturated heterocycles. The van der Waals surface area contributed by atoms with Crippen molar-refractivity contribution in [2.24, 2.45) is 5.92 Å². The predicted octanol–water partition coefficient (Wildman–Crippen LogP) is 3.93. The highest BCUT2D eigenvalue weighted by atomic mass is 32.1. The van der Waals surface area contributed by atoms with Crippen LogP contribution in [0, 0.1) is 5.92 Å². The molecule has 0 spiro atoms. The van der Waals surface area contributed by atoms with Gasteiger partial charge in [-0.05, 0) is 37.2 Å². The van der Waals surface area contributed by atoms with Crippen molar-refractivity contribution >= 4 is 33.7 Å². The monoisotopic (exact) mass is 321 g/mol. The summed E-state index contributed by atoms with van der Waals surface area (Å²) in [5.41, 5.74) is 2.07. The Hall–Kier alpha value is -1.27. The first-order chi connectivity index (χ1) is 10.2. The van der Waals surface area contributed by atoms with E-state index in [1.165, 1.54) is 28.2 Å². The molecule has 3 rings (SSSR count). The van der Waals surface area contributed by atoms with E-state index in [1.54, 1.807) is 11.3 Å². The average Bonchev–Trinajstić information content (AvgIpc) is 3.05. The van der Waals surface area contributed by atoms with Gasteiger partial charge in [-0.15, -0.1) is 21.5 Å². The van der Waals surface area contributed by atoms with E-state index >= 15 is 0 Å². The topological polar surface area (TPSA) is 54.9 Å². The van der Waals surface area contributed by atoms with E-state index in [0.717, 1.165) is 42.2 Å². The third kappa shape index (κ3) is 3.16. The predicted molar refractivity (Wildman–Crippen MR) is 87.4 cm³/mol. The summed E-state index contributed by atoms with van der Waals surface area (Å²) in [5.74, 6) is 0.688. The summed E-state index contributed by atoms with van der Waals surface area (Å²) in [6, 6.07) is 0. The lowest BCUT2D eigenvalue weighted by molar-refractivity contribution is 0.102. The van der Waals surface area contributed by atoms with Gasteiger partial charge >= 0.3 is 0 Å². The van der Waals surface area contributed by atoms with Crippen molar-refractivity contribution in [1.29, 1.82) is 0 Å². The van der Waals surface area contributed by atoms with Crippen molar-refractivity contribution in [1.82, 2.24) is 10.2 Å². The number of carbonyl (C=O) groups is 1. The summed E-state index contributed by atoms with van der Waals surface area (Å²) in [6.07, 6.45) is 5.24. The van der Waals surface area contributed by atoms with E-state index in [1.807, 2.05) is 5.38 Å². The summed E-state index contributed by atoms with van der Waals surface area (Å²) in [6.45, 7) is 4.39. The van der Waals surface area contributed by atoms with Gasteiger partial charge in [0, 0.05) is 16.7 Å². The zero-order chi connectivity index (χ0) is 14.8. The Kier molecular flexibility index (Phi) is 4.35. The van der Waals surface area contributed by atoms with Crippen LogP contribution in [0.5, 0.6) is 0 Å². The number of carbonyl (C=O) groups excluding carboxylic acids is 1. The molecule has 2 aromatic heterocycles. The van der Waals surface area contributed by atoms with Crippen LogP contribution in [-0.4, -0.2) is 16.1 Å². The Morgan fingerprint density at radius 1 is 1.48 bits per heavy atom. The molecule has 112 valence electrons. The molecular formula is C15H19N3OS2. The quantitative estimate of drug-likeness (QED) is 0.928. The summed E-state index contributed by atoms with van der Waals surface area (Å²) in [4.78, 5) is 13.8. The van der Waals surface area contributed by atoms with Gasteiger partial charge in [-0.25, -0.2) is 0 Å². The van der Waals surface area contributed by atoms with Gasteiger partial charge in [0.1, 0.15) is 5.01 Å². The molecule has 0 radical (unpaired) electrons. The largest absolute Gasteiger partial charge is 0.296 e. The minimum atomic E-state index is -0.0405. The summed E-state index contributed by atoms with van der Waals surface area (Å²) >= 11 is 3.18. The minimum Gasteiger partial charge on any atom is -0.296 e. The lowest BCUT2D eigenvalue weighted by Gasteiger charge is -2.18. The molecule has 6 heteroatoms. The molecule has 1 aliphatic carbocycles. The highest BCUT2D eigenvalue weighted by Crippen LogP contribution is 2.33. The number of rotatable bonds is 4. The lowest BCUT2D eigenvalue weighted by Crippen LogP contribution is -2.16. The molecule has 1 N–H and O–H groups in total. The molecule has 1 aliphatic rings. The molecule has 1 unspecified atom stereocenters. The van der Waals surface area contributed by atoms with Gasteiger partial charge in [0.25, 0.3) is 5.91 Å². The fourth-order valence-electron chi connectivity index (χ4n) is 2.65. The third-order valence-corrected chi connectivity index (χ3v) is 5.75. The van der Waals surface area contributed by atoms with Crippen LogP contribution >= 0.6 is 22.7 Å². The van der Waals surface area contributed by atoms with E-state index in [4.69, 9.17) is 0 Å². The standard InChI is InChI=1S/C15H19N3OS2/c1-3-4-13-17-18-15(21-13)16-14(19)11-8-20-12-7-9(2)5-6-10(11)12/h8-9H,3-7H2,1-2H3,(H,16,18,19). The number of hydrogen-bond acceptors (Lipinski definition) is 5. The van der Waals surface area contributed by atoms with Gasteiger partial charge in [-0.3, -0.25) is 10.1 Å². The van der Waals surface area contributed by atoms with E-state index in [9.17, 15) is 4.79 Å². The fraction of sp³-hybridized carbons (Fsp3) is 0.533. The molecular weight excluding hydrogens is 302 g/mol. The number of thiophene rings is 1. The molecule has 0 saturated carbocycles. The molecule has 0 bridgehead atoms. The van der Waals surface area contributed by atoms with Crippen LogP contribution in [-0.2, 0) is 19.3 Å².